The molecular formula is C9H13BrN4O6S. The first-order valence-corrected chi connectivity index (χ1v) is 7.83. The number of methoxy groups -OCH3 is 1. The molecule has 0 aliphatic rings. The molecule has 0 aliphatic carbocycles. The first-order valence-electron chi connectivity index (χ1n) is 5.56. The molecular weight excluding hydrogens is 372 g/mol. The van der Waals surface area contributed by atoms with Crippen molar-refractivity contribution in [3.8, 4) is 0 Å². The van der Waals surface area contributed by atoms with E-state index in [-0.39, 0.29) is 22.5 Å². The molecule has 0 aromatic carbocycles. The van der Waals surface area contributed by atoms with Crippen LogP contribution >= 0.6 is 15.9 Å². The minimum Gasteiger partial charge on any atom is -0.480 e. The number of esters is 1. The van der Waals surface area contributed by atoms with E-state index in [1.165, 1.54) is 7.05 Å². The maximum atomic E-state index is 12.1. The topological polar surface area (TPSA) is 140 Å². The maximum Gasteiger partial charge on any atom is 0.321 e. The van der Waals surface area contributed by atoms with E-state index in [2.05, 4.69) is 31.0 Å². The number of carboxylic acid groups (broad SMARTS) is 1. The van der Waals surface area contributed by atoms with E-state index in [0.717, 1.165) is 11.8 Å². The minimum atomic E-state index is -4.17. The number of carbonyl (C=O) groups excluding carboxylic acids is 1. The Balaban J connectivity index is 2.93. The summed E-state index contributed by atoms with van der Waals surface area (Å²) in [7, 11) is -1.67. The smallest absolute Gasteiger partial charge is 0.321 e. The zero-order valence-electron chi connectivity index (χ0n) is 11.1. The predicted molar refractivity (Wildman–Crippen MR) is 71.7 cm³/mol. The molecule has 1 aromatic rings. The van der Waals surface area contributed by atoms with E-state index >= 15 is 0 Å². The van der Waals surface area contributed by atoms with E-state index in [1.807, 2.05) is 4.72 Å². The summed E-state index contributed by atoms with van der Waals surface area (Å²) in [4.78, 5) is 22.1. The van der Waals surface area contributed by atoms with E-state index in [9.17, 15) is 18.0 Å². The monoisotopic (exact) mass is 384 g/mol. The number of nitrogens with one attached hydrogen (secondary N) is 1. The van der Waals surface area contributed by atoms with Crippen LogP contribution in [0.1, 0.15) is 12.8 Å². The van der Waals surface area contributed by atoms with Crippen molar-refractivity contribution in [2.75, 3.05) is 7.11 Å². The molecule has 0 unspecified atom stereocenters. The van der Waals surface area contributed by atoms with Crippen molar-refractivity contribution < 1.29 is 27.9 Å². The van der Waals surface area contributed by atoms with Gasteiger partial charge in [0.15, 0.2) is 4.60 Å². The summed E-state index contributed by atoms with van der Waals surface area (Å²) in [6.45, 7) is 0. The highest BCUT2D eigenvalue weighted by Gasteiger charge is 2.30. The SMILES string of the molecule is COC(=O)CC[C@@H](NS(=O)(=O)c1c(Br)nnn1C)C(=O)O. The molecule has 1 rings (SSSR count). The van der Waals surface area contributed by atoms with Gasteiger partial charge in [0.05, 0.1) is 7.11 Å². The Morgan fingerprint density at radius 2 is 2.14 bits per heavy atom. The van der Waals surface area contributed by atoms with Gasteiger partial charge >= 0.3 is 11.9 Å². The van der Waals surface area contributed by atoms with Gasteiger partial charge in [0, 0.05) is 13.5 Å². The average Bonchev–Trinajstić information content (AvgIpc) is 2.73. The molecule has 1 aromatic heterocycles. The average molecular weight is 385 g/mol. The molecule has 1 heterocycles. The molecule has 0 saturated heterocycles. The molecule has 21 heavy (non-hydrogen) atoms. The van der Waals surface area contributed by atoms with Crippen LogP contribution in [0.2, 0.25) is 0 Å². The summed E-state index contributed by atoms with van der Waals surface area (Å²) in [6.07, 6.45) is -0.481. The first kappa shape index (κ1) is 17.5. The lowest BCUT2D eigenvalue weighted by Crippen LogP contribution is -2.41. The van der Waals surface area contributed by atoms with E-state index in [4.69, 9.17) is 5.11 Å². The molecule has 1 atom stereocenters. The summed E-state index contributed by atoms with van der Waals surface area (Å²) in [5, 5.41) is 15.7. The van der Waals surface area contributed by atoms with Crippen molar-refractivity contribution in [2.45, 2.75) is 23.9 Å². The summed E-state index contributed by atoms with van der Waals surface area (Å²) >= 11 is 2.92. The van der Waals surface area contributed by atoms with Gasteiger partial charge in [0.2, 0.25) is 5.03 Å². The second-order valence-corrected chi connectivity index (χ2v) is 6.32. The Kier molecular flexibility index (Phi) is 5.80. The molecule has 10 nitrogen and oxygen atoms in total. The van der Waals surface area contributed by atoms with Gasteiger partial charge < -0.3 is 9.84 Å². The van der Waals surface area contributed by atoms with Crippen LogP contribution in [0.3, 0.4) is 0 Å². The van der Waals surface area contributed by atoms with Gasteiger partial charge in [-0.2, -0.15) is 4.72 Å². The standard InChI is InChI=1S/C9H13BrN4O6S/c1-14-8(7(10)11-13-14)21(18,19)12-5(9(16)17)3-4-6(15)20-2/h5,12H,3-4H2,1-2H3,(H,16,17)/t5-/m1/s1. The highest BCUT2D eigenvalue weighted by molar-refractivity contribution is 9.10. The lowest BCUT2D eigenvalue weighted by atomic mass is 10.2. The normalized spacial score (nSPS) is 12.9. The Morgan fingerprint density at radius 3 is 2.57 bits per heavy atom. The molecule has 0 bridgehead atoms. The molecule has 0 spiro atoms. The van der Waals surface area contributed by atoms with Gasteiger partial charge in [-0.3, -0.25) is 9.59 Å². The van der Waals surface area contributed by atoms with Crippen molar-refractivity contribution in [3.05, 3.63) is 4.60 Å². The van der Waals surface area contributed by atoms with Crippen molar-refractivity contribution in [1.29, 1.82) is 0 Å². The number of aryl methyl sites for hydroxylation is 1. The van der Waals surface area contributed by atoms with Gasteiger partial charge in [0.1, 0.15) is 6.04 Å². The van der Waals surface area contributed by atoms with Crippen LogP contribution in [0, 0.1) is 0 Å². The van der Waals surface area contributed by atoms with Crippen LogP contribution in [0.25, 0.3) is 0 Å². The van der Waals surface area contributed by atoms with Crippen LogP contribution in [-0.4, -0.2) is 53.6 Å². The summed E-state index contributed by atoms with van der Waals surface area (Å²) < 4.78 is 31.6. The molecule has 12 heteroatoms. The van der Waals surface area contributed by atoms with Crippen molar-refractivity contribution in [1.82, 2.24) is 19.7 Å². The summed E-state index contributed by atoms with van der Waals surface area (Å²) in [5.41, 5.74) is 0. The fraction of sp³-hybridized carbons (Fsp3) is 0.556. The Bertz CT molecular complexity index is 623. The molecule has 0 radical (unpaired) electrons. The largest absolute Gasteiger partial charge is 0.480 e. The number of ether oxygens (including phenoxy) is 1. The zero-order chi connectivity index (χ0) is 16.2. The molecule has 118 valence electrons. The minimum absolute atomic E-state index is 0.0467. The first-order chi connectivity index (χ1) is 9.69. The number of rotatable bonds is 7. The maximum absolute atomic E-state index is 12.1. The quantitative estimate of drug-likeness (QED) is 0.585. The van der Waals surface area contributed by atoms with Crippen LogP contribution in [0.15, 0.2) is 9.63 Å². The third-order valence-electron chi connectivity index (χ3n) is 2.45. The lowest BCUT2D eigenvalue weighted by Gasteiger charge is -2.14. The Morgan fingerprint density at radius 1 is 1.52 bits per heavy atom. The number of sulfonamides is 1. The highest BCUT2D eigenvalue weighted by Crippen LogP contribution is 2.18. The van der Waals surface area contributed by atoms with Crippen LogP contribution < -0.4 is 4.72 Å². The zero-order valence-corrected chi connectivity index (χ0v) is 13.5. The third kappa shape index (κ3) is 4.47. The number of nitrogens with zero attached hydrogens (tertiary/aromatic N) is 3. The number of halogens is 1. The van der Waals surface area contributed by atoms with Gasteiger partial charge in [-0.1, -0.05) is 5.21 Å². The number of hydrogen-bond donors (Lipinski definition) is 2. The van der Waals surface area contributed by atoms with Crippen molar-refractivity contribution in [3.63, 3.8) is 0 Å². The fourth-order valence-corrected chi connectivity index (χ4v) is 3.77. The van der Waals surface area contributed by atoms with Crippen molar-refractivity contribution >= 4 is 37.9 Å². The molecule has 0 saturated carbocycles. The van der Waals surface area contributed by atoms with Crippen LogP contribution in [-0.2, 0) is 31.4 Å². The number of aromatic nitrogens is 3. The Labute approximate surface area is 128 Å². The number of aliphatic carboxylic acids is 1. The van der Waals surface area contributed by atoms with Crippen LogP contribution in [0.5, 0.6) is 0 Å². The van der Waals surface area contributed by atoms with Gasteiger partial charge in [-0.05, 0) is 22.4 Å². The van der Waals surface area contributed by atoms with Gasteiger partial charge in [0.25, 0.3) is 10.0 Å². The third-order valence-corrected chi connectivity index (χ3v) is 4.81. The fourth-order valence-electron chi connectivity index (χ4n) is 1.45. The molecule has 2 N–H and O–H groups in total. The molecule has 0 amide bonds. The van der Waals surface area contributed by atoms with E-state index in [0.29, 0.717) is 0 Å². The van der Waals surface area contributed by atoms with Gasteiger partial charge in [-0.25, -0.2) is 13.1 Å². The molecule has 0 fully saturated rings. The second-order valence-electron chi connectivity index (χ2n) is 3.94. The molecule has 0 aliphatic heterocycles. The second kappa shape index (κ2) is 6.95. The number of carbonyl (C=O) groups is 2. The van der Waals surface area contributed by atoms with E-state index < -0.39 is 28.0 Å². The predicted octanol–water partition coefficient (Wildman–Crippen LogP) is -0.738. The summed E-state index contributed by atoms with van der Waals surface area (Å²) in [6, 6.07) is -1.48. The Hall–Kier alpha value is -1.53. The van der Waals surface area contributed by atoms with Crippen LogP contribution in [0.4, 0.5) is 0 Å². The summed E-state index contributed by atoms with van der Waals surface area (Å²) in [5.74, 6) is -2.04. The van der Waals surface area contributed by atoms with Crippen molar-refractivity contribution in [2.24, 2.45) is 7.05 Å². The van der Waals surface area contributed by atoms with E-state index in [1.54, 1.807) is 0 Å². The number of hydrogen-bond acceptors (Lipinski definition) is 7. The highest BCUT2D eigenvalue weighted by atomic mass is 79.9. The lowest BCUT2D eigenvalue weighted by molar-refractivity contribution is -0.142. The number of carboxylic acids is 1. The van der Waals surface area contributed by atoms with Gasteiger partial charge in [-0.15, -0.1) is 5.10 Å².